The van der Waals surface area contributed by atoms with Crippen molar-refractivity contribution in [1.82, 2.24) is 0 Å². The van der Waals surface area contributed by atoms with E-state index >= 15 is 0 Å². The molecule has 0 atom stereocenters. The SMILES string of the molecule is CC(C)(C)c1cccc2c1CC1=C2CCCC1. The fraction of sp³-hybridized carbons (Fsp3) is 0.529. The lowest BCUT2D eigenvalue weighted by molar-refractivity contribution is 0.584. The van der Waals surface area contributed by atoms with Crippen molar-refractivity contribution in [2.24, 2.45) is 0 Å². The van der Waals surface area contributed by atoms with E-state index in [1.165, 1.54) is 32.1 Å². The molecule has 0 N–H and O–H groups in total. The van der Waals surface area contributed by atoms with Crippen LogP contribution in [0.4, 0.5) is 0 Å². The van der Waals surface area contributed by atoms with Crippen LogP contribution in [0.25, 0.3) is 5.57 Å². The lowest BCUT2D eigenvalue weighted by Crippen LogP contribution is -2.14. The largest absolute Gasteiger partial charge is 0.0620 e. The molecule has 0 aromatic heterocycles. The van der Waals surface area contributed by atoms with Gasteiger partial charge in [-0.25, -0.2) is 0 Å². The van der Waals surface area contributed by atoms with Crippen molar-refractivity contribution in [3.05, 3.63) is 40.5 Å². The van der Waals surface area contributed by atoms with Crippen LogP contribution < -0.4 is 0 Å². The third-order valence-corrected chi connectivity index (χ3v) is 4.28. The Balaban J connectivity index is 2.11. The minimum absolute atomic E-state index is 0.278. The highest BCUT2D eigenvalue weighted by Crippen LogP contribution is 2.44. The maximum absolute atomic E-state index is 2.35. The number of allylic oxidation sites excluding steroid dienone is 2. The number of hydrogen-bond acceptors (Lipinski definition) is 0. The fourth-order valence-electron chi connectivity index (χ4n) is 3.46. The maximum Gasteiger partial charge on any atom is -0.00521 e. The zero-order valence-electron chi connectivity index (χ0n) is 11.3. The first-order chi connectivity index (χ1) is 8.07. The minimum atomic E-state index is 0.278. The van der Waals surface area contributed by atoms with Gasteiger partial charge in [0.2, 0.25) is 0 Å². The predicted octanol–water partition coefficient (Wildman–Crippen LogP) is 4.87. The first-order valence-electron chi connectivity index (χ1n) is 6.91. The number of benzene rings is 1. The molecular weight excluding hydrogens is 204 g/mol. The molecule has 90 valence electrons. The zero-order chi connectivity index (χ0) is 12.0. The molecule has 0 saturated carbocycles. The summed E-state index contributed by atoms with van der Waals surface area (Å²) in [7, 11) is 0. The van der Waals surface area contributed by atoms with Gasteiger partial charge in [-0.05, 0) is 59.8 Å². The van der Waals surface area contributed by atoms with E-state index in [0.717, 1.165) is 0 Å². The van der Waals surface area contributed by atoms with Crippen LogP contribution in [0.15, 0.2) is 23.8 Å². The molecule has 0 heteroatoms. The number of rotatable bonds is 0. The van der Waals surface area contributed by atoms with Crippen LogP contribution in [-0.2, 0) is 11.8 Å². The Labute approximate surface area is 105 Å². The monoisotopic (exact) mass is 226 g/mol. The summed E-state index contributed by atoms with van der Waals surface area (Å²) >= 11 is 0. The van der Waals surface area contributed by atoms with Crippen LogP contribution in [0.2, 0.25) is 0 Å². The van der Waals surface area contributed by atoms with Gasteiger partial charge in [-0.3, -0.25) is 0 Å². The Morgan fingerprint density at radius 3 is 2.53 bits per heavy atom. The van der Waals surface area contributed by atoms with Gasteiger partial charge in [0.25, 0.3) is 0 Å². The zero-order valence-corrected chi connectivity index (χ0v) is 11.3. The molecule has 2 aliphatic carbocycles. The Morgan fingerprint density at radius 2 is 1.76 bits per heavy atom. The Kier molecular flexibility index (Phi) is 2.43. The van der Waals surface area contributed by atoms with Gasteiger partial charge in [0.05, 0.1) is 0 Å². The molecule has 0 aliphatic heterocycles. The molecule has 0 amide bonds. The van der Waals surface area contributed by atoms with Gasteiger partial charge >= 0.3 is 0 Å². The van der Waals surface area contributed by atoms with Gasteiger partial charge in [0.15, 0.2) is 0 Å². The lowest BCUT2D eigenvalue weighted by atomic mass is 9.82. The van der Waals surface area contributed by atoms with E-state index in [2.05, 4.69) is 39.0 Å². The lowest BCUT2D eigenvalue weighted by Gasteiger charge is -2.23. The van der Waals surface area contributed by atoms with Crippen molar-refractivity contribution >= 4 is 5.57 Å². The molecule has 2 aliphatic rings. The molecule has 0 radical (unpaired) electrons. The second-order valence-corrected chi connectivity index (χ2v) is 6.55. The van der Waals surface area contributed by atoms with E-state index in [-0.39, 0.29) is 5.41 Å². The molecule has 3 rings (SSSR count). The van der Waals surface area contributed by atoms with Crippen LogP contribution in [0.5, 0.6) is 0 Å². The minimum Gasteiger partial charge on any atom is -0.0620 e. The summed E-state index contributed by atoms with van der Waals surface area (Å²) in [6.07, 6.45) is 6.68. The van der Waals surface area contributed by atoms with Crippen LogP contribution in [-0.4, -0.2) is 0 Å². The Hall–Kier alpha value is -1.04. The third kappa shape index (κ3) is 1.74. The predicted molar refractivity (Wildman–Crippen MR) is 74.2 cm³/mol. The van der Waals surface area contributed by atoms with Crippen LogP contribution >= 0.6 is 0 Å². The third-order valence-electron chi connectivity index (χ3n) is 4.28. The molecule has 17 heavy (non-hydrogen) atoms. The molecular formula is C17H22. The molecule has 1 aromatic carbocycles. The summed E-state index contributed by atoms with van der Waals surface area (Å²) in [5.74, 6) is 0. The summed E-state index contributed by atoms with van der Waals surface area (Å²) in [6.45, 7) is 7.00. The van der Waals surface area contributed by atoms with Crippen molar-refractivity contribution in [3.63, 3.8) is 0 Å². The number of fused-ring (bicyclic) bond motifs is 2. The number of hydrogen-bond donors (Lipinski definition) is 0. The molecule has 0 fully saturated rings. The van der Waals surface area contributed by atoms with Crippen LogP contribution in [0.1, 0.15) is 63.1 Å². The summed E-state index contributed by atoms with van der Waals surface area (Å²) in [5.41, 5.74) is 8.48. The van der Waals surface area contributed by atoms with E-state index in [1.54, 1.807) is 27.8 Å². The fourth-order valence-corrected chi connectivity index (χ4v) is 3.46. The Bertz CT molecular complexity index is 483. The highest BCUT2D eigenvalue weighted by molar-refractivity contribution is 5.78. The standard InChI is InChI=1S/C17H22/c1-17(2,3)16-10-6-9-14-13-8-5-4-7-12(13)11-15(14)16/h6,9-10H,4-5,7-8,11H2,1-3H3. The molecule has 0 spiro atoms. The first-order valence-corrected chi connectivity index (χ1v) is 6.91. The highest BCUT2D eigenvalue weighted by Gasteiger charge is 2.28. The van der Waals surface area contributed by atoms with E-state index < -0.39 is 0 Å². The Morgan fingerprint density at radius 1 is 1.00 bits per heavy atom. The van der Waals surface area contributed by atoms with Crippen molar-refractivity contribution in [2.75, 3.05) is 0 Å². The topological polar surface area (TPSA) is 0 Å². The summed E-state index contributed by atoms with van der Waals surface area (Å²) in [6, 6.07) is 6.93. The van der Waals surface area contributed by atoms with Crippen molar-refractivity contribution in [1.29, 1.82) is 0 Å². The average Bonchev–Trinajstić information content (AvgIpc) is 2.65. The van der Waals surface area contributed by atoms with E-state index in [9.17, 15) is 0 Å². The van der Waals surface area contributed by atoms with E-state index in [1.807, 2.05) is 0 Å². The van der Waals surface area contributed by atoms with Gasteiger partial charge in [0, 0.05) is 0 Å². The first kappa shape index (κ1) is 11.1. The molecule has 0 saturated heterocycles. The van der Waals surface area contributed by atoms with Crippen molar-refractivity contribution < 1.29 is 0 Å². The summed E-state index contributed by atoms with van der Waals surface area (Å²) in [5, 5.41) is 0. The smallest absolute Gasteiger partial charge is 0.00521 e. The second-order valence-electron chi connectivity index (χ2n) is 6.55. The molecule has 0 unspecified atom stereocenters. The highest BCUT2D eigenvalue weighted by atomic mass is 14.3. The molecule has 0 bridgehead atoms. The maximum atomic E-state index is 2.35. The quantitative estimate of drug-likeness (QED) is 0.592. The summed E-state index contributed by atoms with van der Waals surface area (Å²) < 4.78 is 0. The molecule has 0 heterocycles. The summed E-state index contributed by atoms with van der Waals surface area (Å²) in [4.78, 5) is 0. The van der Waals surface area contributed by atoms with Crippen molar-refractivity contribution in [2.45, 2.75) is 58.3 Å². The van der Waals surface area contributed by atoms with Gasteiger partial charge in [0.1, 0.15) is 0 Å². The van der Waals surface area contributed by atoms with E-state index in [0.29, 0.717) is 0 Å². The molecule has 1 aromatic rings. The van der Waals surface area contributed by atoms with Crippen molar-refractivity contribution in [3.8, 4) is 0 Å². The average molecular weight is 226 g/mol. The van der Waals surface area contributed by atoms with Crippen LogP contribution in [0, 0.1) is 0 Å². The normalized spacial score (nSPS) is 19.2. The van der Waals surface area contributed by atoms with E-state index in [4.69, 9.17) is 0 Å². The second kappa shape index (κ2) is 3.73. The van der Waals surface area contributed by atoms with Crippen LogP contribution in [0.3, 0.4) is 0 Å². The van der Waals surface area contributed by atoms with Gasteiger partial charge in [-0.2, -0.15) is 0 Å². The van der Waals surface area contributed by atoms with Gasteiger partial charge in [-0.15, -0.1) is 0 Å². The van der Waals surface area contributed by atoms with Gasteiger partial charge in [-0.1, -0.05) is 44.5 Å². The van der Waals surface area contributed by atoms with Gasteiger partial charge < -0.3 is 0 Å². The molecule has 0 nitrogen and oxygen atoms in total.